The lowest BCUT2D eigenvalue weighted by molar-refractivity contribution is 0.509. The Balaban J connectivity index is 2.36. The van der Waals surface area contributed by atoms with E-state index in [0.717, 1.165) is 32.5 Å². The van der Waals surface area contributed by atoms with E-state index in [2.05, 4.69) is 52.4 Å². The molecule has 0 aliphatic carbocycles. The average molecular weight is 284 g/mol. The van der Waals surface area contributed by atoms with Gasteiger partial charge in [0, 0.05) is 25.2 Å². The van der Waals surface area contributed by atoms with E-state index in [4.69, 9.17) is 11.6 Å². The normalized spacial score (nSPS) is 17.8. The van der Waals surface area contributed by atoms with Crippen LogP contribution in [0.25, 0.3) is 0 Å². The van der Waals surface area contributed by atoms with E-state index in [0.29, 0.717) is 11.9 Å². The molecule has 0 aromatic carbocycles. The zero-order valence-electron chi connectivity index (χ0n) is 12.1. The van der Waals surface area contributed by atoms with Crippen LogP contribution in [0.5, 0.6) is 0 Å². The van der Waals surface area contributed by atoms with E-state index >= 15 is 0 Å². The summed E-state index contributed by atoms with van der Waals surface area (Å²) in [5.74, 6) is 1.37. The van der Waals surface area contributed by atoms with Gasteiger partial charge in [0.05, 0.1) is 0 Å². The molecule has 0 unspecified atom stereocenters. The minimum absolute atomic E-state index is 0.0885. The number of hydrogen-bond acceptors (Lipinski definition) is 5. The maximum Gasteiger partial charge on any atom is 0.231 e. The van der Waals surface area contributed by atoms with Crippen LogP contribution >= 0.6 is 11.6 Å². The summed E-state index contributed by atoms with van der Waals surface area (Å²) in [6.45, 7) is 11.3. The number of halogens is 1. The van der Waals surface area contributed by atoms with E-state index in [1.807, 2.05) is 0 Å². The zero-order valence-corrected chi connectivity index (χ0v) is 12.9. The number of rotatable bonds is 4. The molecule has 1 aromatic rings. The van der Waals surface area contributed by atoms with Crippen LogP contribution < -0.4 is 9.80 Å². The Morgan fingerprint density at radius 2 is 1.89 bits per heavy atom. The summed E-state index contributed by atoms with van der Waals surface area (Å²) >= 11 is 6.06. The first kappa shape index (κ1) is 14.3. The van der Waals surface area contributed by atoms with Crippen LogP contribution in [0.1, 0.15) is 40.5 Å². The van der Waals surface area contributed by atoms with Crippen molar-refractivity contribution in [3.05, 3.63) is 5.28 Å². The van der Waals surface area contributed by atoms with Gasteiger partial charge in [-0.3, -0.25) is 0 Å². The lowest BCUT2D eigenvalue weighted by atomic mass is 10.0. The van der Waals surface area contributed by atoms with Gasteiger partial charge in [-0.25, -0.2) is 0 Å². The van der Waals surface area contributed by atoms with Gasteiger partial charge in [-0.1, -0.05) is 0 Å². The molecule has 106 valence electrons. The molecule has 0 spiro atoms. The average Bonchev–Trinajstić information content (AvgIpc) is 2.70. The highest BCUT2D eigenvalue weighted by Gasteiger charge is 2.34. The molecule has 19 heavy (non-hydrogen) atoms. The molecule has 1 aliphatic rings. The van der Waals surface area contributed by atoms with Gasteiger partial charge >= 0.3 is 0 Å². The molecule has 0 radical (unpaired) electrons. The van der Waals surface area contributed by atoms with Crippen LogP contribution in [0.4, 0.5) is 11.9 Å². The van der Waals surface area contributed by atoms with Gasteiger partial charge in [-0.2, -0.15) is 15.0 Å². The Labute approximate surface area is 120 Å². The first-order valence-corrected chi connectivity index (χ1v) is 7.30. The fourth-order valence-corrected chi connectivity index (χ4v) is 2.73. The van der Waals surface area contributed by atoms with Crippen LogP contribution in [-0.4, -0.2) is 40.1 Å². The largest absolute Gasteiger partial charge is 0.341 e. The maximum absolute atomic E-state index is 6.06. The second kappa shape index (κ2) is 5.49. The fraction of sp³-hybridized carbons (Fsp3) is 0.769. The lowest BCUT2D eigenvalue weighted by Crippen LogP contribution is -2.39. The van der Waals surface area contributed by atoms with Gasteiger partial charge in [0.25, 0.3) is 0 Å². The molecule has 1 aromatic heterocycles. The molecular formula is C13H22ClN5. The molecule has 0 N–H and O–H groups in total. The molecule has 2 rings (SSSR count). The molecule has 0 saturated carbocycles. The topological polar surface area (TPSA) is 45.2 Å². The molecule has 6 heteroatoms. The Bertz CT molecular complexity index is 445. The van der Waals surface area contributed by atoms with Crippen LogP contribution in [0, 0.1) is 0 Å². The first-order chi connectivity index (χ1) is 8.97. The number of nitrogens with zero attached hydrogens (tertiary/aromatic N) is 5. The van der Waals surface area contributed by atoms with Crippen molar-refractivity contribution in [2.24, 2.45) is 0 Å². The van der Waals surface area contributed by atoms with Crippen molar-refractivity contribution >= 4 is 23.5 Å². The van der Waals surface area contributed by atoms with Gasteiger partial charge in [-0.15, -0.1) is 0 Å². The SMILES string of the molecule is CCN(CC)c1nc(Cl)nc(N2CCCC2(C)C)n1. The number of anilines is 2. The van der Waals surface area contributed by atoms with E-state index in [1.54, 1.807) is 0 Å². The van der Waals surface area contributed by atoms with E-state index < -0.39 is 0 Å². The summed E-state index contributed by atoms with van der Waals surface area (Å²) in [5.41, 5.74) is 0.0885. The third-order valence-electron chi connectivity index (χ3n) is 3.77. The summed E-state index contributed by atoms with van der Waals surface area (Å²) < 4.78 is 0. The summed E-state index contributed by atoms with van der Waals surface area (Å²) in [4.78, 5) is 17.5. The molecule has 1 saturated heterocycles. The predicted octanol–water partition coefficient (Wildman–Crippen LogP) is 2.75. The van der Waals surface area contributed by atoms with Gasteiger partial charge in [0.15, 0.2) is 0 Å². The fourth-order valence-electron chi connectivity index (χ4n) is 2.58. The molecule has 0 bridgehead atoms. The monoisotopic (exact) mass is 283 g/mol. The standard InChI is InChI=1S/C13H22ClN5/c1-5-18(6-2)11-15-10(14)16-12(17-11)19-9-7-8-13(19,3)4/h5-9H2,1-4H3. The maximum atomic E-state index is 6.06. The molecule has 0 amide bonds. The summed E-state index contributed by atoms with van der Waals surface area (Å²) in [7, 11) is 0. The van der Waals surface area contributed by atoms with Crippen molar-refractivity contribution in [2.45, 2.75) is 46.1 Å². The third kappa shape index (κ3) is 2.91. The van der Waals surface area contributed by atoms with Crippen molar-refractivity contribution in [1.82, 2.24) is 15.0 Å². The third-order valence-corrected chi connectivity index (χ3v) is 3.94. The van der Waals surface area contributed by atoms with E-state index in [1.165, 1.54) is 0 Å². The van der Waals surface area contributed by atoms with Gasteiger partial charge < -0.3 is 9.80 Å². The lowest BCUT2D eigenvalue weighted by Gasteiger charge is -2.32. The second-order valence-corrected chi connectivity index (χ2v) is 5.78. The molecule has 5 nitrogen and oxygen atoms in total. The zero-order chi connectivity index (χ0) is 14.0. The van der Waals surface area contributed by atoms with Crippen LogP contribution in [0.15, 0.2) is 0 Å². The number of aromatic nitrogens is 3. The van der Waals surface area contributed by atoms with Crippen LogP contribution in [0.3, 0.4) is 0 Å². The van der Waals surface area contributed by atoms with Gasteiger partial charge in [0.2, 0.25) is 17.2 Å². The highest BCUT2D eigenvalue weighted by molar-refractivity contribution is 6.28. The van der Waals surface area contributed by atoms with Crippen molar-refractivity contribution in [3.63, 3.8) is 0 Å². The van der Waals surface area contributed by atoms with Gasteiger partial charge in [-0.05, 0) is 52.1 Å². The Kier molecular flexibility index (Phi) is 4.13. The highest BCUT2D eigenvalue weighted by atomic mass is 35.5. The Morgan fingerprint density at radius 3 is 2.42 bits per heavy atom. The second-order valence-electron chi connectivity index (χ2n) is 5.44. The molecule has 2 heterocycles. The van der Waals surface area contributed by atoms with Gasteiger partial charge in [0.1, 0.15) is 0 Å². The molecular weight excluding hydrogens is 262 g/mol. The number of hydrogen-bond donors (Lipinski definition) is 0. The highest BCUT2D eigenvalue weighted by Crippen LogP contribution is 2.32. The molecule has 0 atom stereocenters. The molecule has 1 aliphatic heterocycles. The van der Waals surface area contributed by atoms with Crippen LogP contribution in [-0.2, 0) is 0 Å². The van der Waals surface area contributed by atoms with E-state index in [9.17, 15) is 0 Å². The van der Waals surface area contributed by atoms with Crippen molar-refractivity contribution in [3.8, 4) is 0 Å². The van der Waals surface area contributed by atoms with E-state index in [-0.39, 0.29) is 10.8 Å². The smallest absolute Gasteiger partial charge is 0.231 e. The summed E-state index contributed by atoms with van der Waals surface area (Å²) in [6, 6.07) is 0. The van der Waals surface area contributed by atoms with Crippen molar-refractivity contribution in [1.29, 1.82) is 0 Å². The Hall–Kier alpha value is -1.10. The van der Waals surface area contributed by atoms with Crippen molar-refractivity contribution in [2.75, 3.05) is 29.4 Å². The summed E-state index contributed by atoms with van der Waals surface area (Å²) in [5, 5.41) is 0.273. The molecule has 1 fully saturated rings. The van der Waals surface area contributed by atoms with Crippen molar-refractivity contribution < 1.29 is 0 Å². The van der Waals surface area contributed by atoms with Crippen LogP contribution in [0.2, 0.25) is 5.28 Å². The predicted molar refractivity (Wildman–Crippen MR) is 79.1 cm³/mol. The summed E-state index contributed by atoms with van der Waals surface area (Å²) in [6.07, 6.45) is 2.31. The Morgan fingerprint density at radius 1 is 1.21 bits per heavy atom. The minimum atomic E-state index is 0.0885. The first-order valence-electron chi connectivity index (χ1n) is 6.92. The minimum Gasteiger partial charge on any atom is -0.341 e. The quantitative estimate of drug-likeness (QED) is 0.850.